The maximum atomic E-state index is 12.8. The molecule has 79 heavy (non-hydrogen) atoms. The molecule has 0 aromatic rings. The van der Waals surface area contributed by atoms with E-state index in [1.807, 2.05) is 0 Å². The molecule has 0 saturated carbocycles. The van der Waals surface area contributed by atoms with Gasteiger partial charge in [-0.2, -0.15) is 0 Å². The molecule has 0 aliphatic rings. The van der Waals surface area contributed by atoms with Crippen LogP contribution in [0.4, 0.5) is 0 Å². The number of hydrogen-bond acceptors (Lipinski definition) is 6. The third-order valence-corrected chi connectivity index (χ3v) is 15.5. The summed E-state index contributed by atoms with van der Waals surface area (Å²) in [5, 5.41) is 0. The average Bonchev–Trinajstić information content (AvgIpc) is 3.45. The van der Waals surface area contributed by atoms with Crippen LogP contribution in [0.3, 0.4) is 0 Å². The van der Waals surface area contributed by atoms with Crippen LogP contribution in [0.15, 0.2) is 60.8 Å². The summed E-state index contributed by atoms with van der Waals surface area (Å²) in [6.07, 6.45) is 87.3. The Hall–Kier alpha value is -2.89. The molecule has 0 amide bonds. The molecule has 460 valence electrons. The predicted molar refractivity (Wildman–Crippen MR) is 344 cm³/mol. The van der Waals surface area contributed by atoms with Crippen LogP contribution in [0.1, 0.15) is 367 Å². The van der Waals surface area contributed by atoms with Gasteiger partial charge < -0.3 is 14.2 Å². The van der Waals surface area contributed by atoms with E-state index in [0.717, 1.165) is 77.0 Å². The van der Waals surface area contributed by atoms with Gasteiger partial charge in [0.25, 0.3) is 0 Å². The minimum absolute atomic E-state index is 0.0929. The van der Waals surface area contributed by atoms with E-state index in [4.69, 9.17) is 14.2 Å². The summed E-state index contributed by atoms with van der Waals surface area (Å²) >= 11 is 0. The van der Waals surface area contributed by atoms with Gasteiger partial charge in [-0.1, -0.05) is 351 Å². The Bertz CT molecular complexity index is 1410. The number of rotatable bonds is 64. The van der Waals surface area contributed by atoms with Crippen LogP contribution >= 0.6 is 0 Å². The standard InChI is InChI=1S/C73H132O6/c1-4-7-10-13-16-19-21-23-25-27-28-29-30-31-32-33-34-35-36-37-38-39-40-41-42-43-44-46-47-49-51-54-57-60-63-66-72(75)78-69-70(68-77-71(74)65-62-59-56-53-18-15-12-9-6-3)79-73(76)67-64-61-58-55-52-50-48-45-26-24-22-20-17-14-11-8-5-2/h8,11,17,20,24,26,48,50,55,58,70H,4-7,9-10,12-16,18-19,21-23,25,27-47,49,51-54,56-57,59-69H2,1-3H3/b11-8-,20-17-,26-24-,50-48-,58-55-. The summed E-state index contributed by atoms with van der Waals surface area (Å²) in [6.45, 7) is 6.51. The minimum Gasteiger partial charge on any atom is -0.462 e. The second kappa shape index (κ2) is 67.6. The lowest BCUT2D eigenvalue weighted by molar-refractivity contribution is -0.167. The van der Waals surface area contributed by atoms with Crippen LogP contribution in [0, 0.1) is 0 Å². The SMILES string of the molecule is CC/C=C\C/C=C\C/C=C\C/C=C\C/C=C\CCCC(=O)OC(COC(=O)CCCCCCCCCCC)COC(=O)CCCCCCCCCCCCCCCCCCCCCCCCCCCCCCCCCCCCC. The van der Waals surface area contributed by atoms with Gasteiger partial charge in [-0.25, -0.2) is 0 Å². The van der Waals surface area contributed by atoms with Crippen molar-refractivity contribution in [3.8, 4) is 0 Å². The molecule has 1 atom stereocenters. The quantitative estimate of drug-likeness (QED) is 0.0261. The van der Waals surface area contributed by atoms with E-state index in [2.05, 4.69) is 81.5 Å². The lowest BCUT2D eigenvalue weighted by Gasteiger charge is -2.18. The first-order chi connectivity index (χ1) is 39.0. The van der Waals surface area contributed by atoms with Crippen LogP contribution in [0.25, 0.3) is 0 Å². The van der Waals surface area contributed by atoms with Crippen molar-refractivity contribution in [1.82, 2.24) is 0 Å². The maximum Gasteiger partial charge on any atom is 0.306 e. The van der Waals surface area contributed by atoms with Gasteiger partial charge in [0.15, 0.2) is 6.10 Å². The van der Waals surface area contributed by atoms with E-state index in [1.165, 1.54) is 244 Å². The van der Waals surface area contributed by atoms with Crippen molar-refractivity contribution in [3.05, 3.63) is 60.8 Å². The maximum absolute atomic E-state index is 12.8. The number of esters is 3. The zero-order valence-electron chi connectivity index (χ0n) is 52.9. The first-order valence-electron chi connectivity index (χ1n) is 34.8. The molecule has 0 aliphatic carbocycles. The zero-order chi connectivity index (χ0) is 57.1. The molecular weight excluding hydrogens is 973 g/mol. The van der Waals surface area contributed by atoms with Gasteiger partial charge in [-0.15, -0.1) is 0 Å². The molecule has 0 heterocycles. The first-order valence-corrected chi connectivity index (χ1v) is 34.8. The van der Waals surface area contributed by atoms with Crippen LogP contribution in [0.2, 0.25) is 0 Å². The van der Waals surface area contributed by atoms with Gasteiger partial charge in [0, 0.05) is 19.3 Å². The topological polar surface area (TPSA) is 78.9 Å². The van der Waals surface area contributed by atoms with Crippen LogP contribution in [-0.2, 0) is 28.6 Å². The number of ether oxygens (including phenoxy) is 3. The minimum atomic E-state index is -0.801. The van der Waals surface area contributed by atoms with Crippen molar-refractivity contribution < 1.29 is 28.6 Å². The largest absolute Gasteiger partial charge is 0.462 e. The van der Waals surface area contributed by atoms with Gasteiger partial charge in [-0.05, 0) is 57.8 Å². The fraction of sp³-hybridized carbons (Fsp3) is 0.822. The summed E-state index contributed by atoms with van der Waals surface area (Å²) in [5.74, 6) is -0.938. The third kappa shape index (κ3) is 65.8. The lowest BCUT2D eigenvalue weighted by atomic mass is 10.0. The molecule has 0 rings (SSSR count). The lowest BCUT2D eigenvalue weighted by Crippen LogP contribution is -2.30. The first kappa shape index (κ1) is 76.1. The molecule has 6 heteroatoms. The highest BCUT2D eigenvalue weighted by Gasteiger charge is 2.19. The van der Waals surface area contributed by atoms with Gasteiger partial charge in [0.1, 0.15) is 13.2 Å². The average molecular weight is 1110 g/mol. The number of allylic oxidation sites excluding steroid dienone is 10. The molecule has 0 fully saturated rings. The van der Waals surface area contributed by atoms with E-state index in [0.29, 0.717) is 19.3 Å². The molecular formula is C73H132O6. The summed E-state index contributed by atoms with van der Waals surface area (Å²) in [7, 11) is 0. The van der Waals surface area contributed by atoms with Crippen LogP contribution < -0.4 is 0 Å². The molecule has 0 aromatic heterocycles. The number of unbranched alkanes of at least 4 members (excludes halogenated alkanes) is 43. The van der Waals surface area contributed by atoms with E-state index >= 15 is 0 Å². The molecule has 0 bridgehead atoms. The predicted octanol–water partition coefficient (Wildman–Crippen LogP) is 23.9. The molecule has 0 saturated heterocycles. The summed E-state index contributed by atoms with van der Waals surface area (Å²) in [6, 6.07) is 0. The van der Waals surface area contributed by atoms with E-state index in [1.54, 1.807) is 0 Å². The Morgan fingerprint density at radius 3 is 0.759 bits per heavy atom. The van der Waals surface area contributed by atoms with Crippen molar-refractivity contribution in [3.63, 3.8) is 0 Å². The molecule has 0 N–H and O–H groups in total. The third-order valence-electron chi connectivity index (χ3n) is 15.5. The van der Waals surface area contributed by atoms with Crippen molar-refractivity contribution in [2.75, 3.05) is 13.2 Å². The van der Waals surface area contributed by atoms with Gasteiger partial charge in [-0.3, -0.25) is 14.4 Å². The highest BCUT2D eigenvalue weighted by molar-refractivity contribution is 5.71. The van der Waals surface area contributed by atoms with Gasteiger partial charge in [0.2, 0.25) is 0 Å². The monoisotopic (exact) mass is 1110 g/mol. The van der Waals surface area contributed by atoms with E-state index in [-0.39, 0.29) is 37.5 Å². The summed E-state index contributed by atoms with van der Waals surface area (Å²) in [4.78, 5) is 38.1. The number of hydrogen-bond donors (Lipinski definition) is 0. The molecule has 1 unspecified atom stereocenters. The van der Waals surface area contributed by atoms with Crippen molar-refractivity contribution >= 4 is 17.9 Å². The number of carbonyl (C=O) groups excluding carboxylic acids is 3. The fourth-order valence-electron chi connectivity index (χ4n) is 10.4. The second-order valence-electron chi connectivity index (χ2n) is 23.4. The van der Waals surface area contributed by atoms with Crippen molar-refractivity contribution in [2.45, 2.75) is 374 Å². The Morgan fingerprint density at radius 1 is 0.266 bits per heavy atom. The smallest absolute Gasteiger partial charge is 0.306 e. The summed E-state index contributed by atoms with van der Waals surface area (Å²) in [5.41, 5.74) is 0. The van der Waals surface area contributed by atoms with Crippen molar-refractivity contribution in [2.24, 2.45) is 0 Å². The number of carbonyl (C=O) groups is 3. The normalized spacial score (nSPS) is 12.4. The second-order valence-corrected chi connectivity index (χ2v) is 23.4. The molecule has 0 aromatic carbocycles. The van der Waals surface area contributed by atoms with E-state index in [9.17, 15) is 14.4 Å². The van der Waals surface area contributed by atoms with Crippen LogP contribution in [0.5, 0.6) is 0 Å². The molecule has 6 nitrogen and oxygen atoms in total. The van der Waals surface area contributed by atoms with Gasteiger partial charge >= 0.3 is 17.9 Å². The van der Waals surface area contributed by atoms with Crippen molar-refractivity contribution in [1.29, 1.82) is 0 Å². The Labute approximate surface area is 491 Å². The highest BCUT2D eigenvalue weighted by Crippen LogP contribution is 2.19. The fourth-order valence-corrected chi connectivity index (χ4v) is 10.4. The zero-order valence-corrected chi connectivity index (χ0v) is 52.9. The van der Waals surface area contributed by atoms with Crippen LogP contribution in [-0.4, -0.2) is 37.2 Å². The Morgan fingerprint density at radius 2 is 0.494 bits per heavy atom. The Kier molecular flexibility index (Phi) is 65.1. The summed E-state index contributed by atoms with van der Waals surface area (Å²) < 4.78 is 16.8. The van der Waals surface area contributed by atoms with Gasteiger partial charge in [0.05, 0.1) is 0 Å². The molecule has 0 aliphatic heterocycles. The molecule has 0 radical (unpaired) electrons. The van der Waals surface area contributed by atoms with E-state index < -0.39 is 6.10 Å². The molecule has 0 spiro atoms. The highest BCUT2D eigenvalue weighted by atomic mass is 16.6. The Balaban J connectivity index is 4.02.